The zero-order chi connectivity index (χ0) is 23.3. The summed E-state index contributed by atoms with van der Waals surface area (Å²) >= 11 is 1.09. The Labute approximate surface area is 190 Å². The van der Waals surface area contributed by atoms with Crippen molar-refractivity contribution in [2.45, 2.75) is 38.8 Å². The van der Waals surface area contributed by atoms with Crippen molar-refractivity contribution in [1.82, 2.24) is 15.2 Å². The van der Waals surface area contributed by atoms with Crippen LogP contribution in [0.2, 0.25) is 0 Å². The first-order valence-electron chi connectivity index (χ1n) is 10.1. The minimum absolute atomic E-state index is 0.0674. The Hall–Kier alpha value is -3.46. The summed E-state index contributed by atoms with van der Waals surface area (Å²) < 4.78 is 0. The third kappa shape index (κ3) is 5.82. The van der Waals surface area contributed by atoms with Crippen molar-refractivity contribution < 1.29 is 9.59 Å². The molecule has 1 heterocycles. The number of nitrogens with zero attached hydrogens (tertiary/aromatic N) is 2. The van der Waals surface area contributed by atoms with Crippen molar-refractivity contribution in [2.75, 3.05) is 16.4 Å². The summed E-state index contributed by atoms with van der Waals surface area (Å²) in [6.07, 6.45) is 0. The van der Waals surface area contributed by atoms with Gasteiger partial charge in [-0.25, -0.2) is 0 Å². The number of rotatable bonds is 7. The van der Waals surface area contributed by atoms with Gasteiger partial charge < -0.3 is 10.6 Å². The highest BCUT2D eigenvalue weighted by Crippen LogP contribution is 2.26. The Bertz CT molecular complexity index is 1210. The number of aryl methyl sites for hydroxylation is 1. The Morgan fingerprint density at radius 1 is 1.06 bits per heavy atom. The lowest BCUT2D eigenvalue weighted by molar-refractivity contribution is -0.114. The molecule has 32 heavy (non-hydrogen) atoms. The molecule has 2 aromatic carbocycles. The van der Waals surface area contributed by atoms with Gasteiger partial charge in [-0.05, 0) is 36.6 Å². The standard InChI is InChI=1S/C23H25N5O3S/c1-13(2)16-7-5-6-8-18(16)25-20(30)12-32-23-26-22(31)21(27-28-23)17-11-14(3)9-10-19(17)24-15(4)29/h5-11,13H,12H2,1-4H3,(H,24,29)(H,25,30)(H,26,28,31). The lowest BCUT2D eigenvalue weighted by Crippen LogP contribution is -2.18. The number of aromatic nitrogens is 3. The van der Waals surface area contributed by atoms with Gasteiger partial charge in [0, 0.05) is 18.2 Å². The topological polar surface area (TPSA) is 117 Å². The second-order valence-electron chi connectivity index (χ2n) is 7.62. The van der Waals surface area contributed by atoms with Crippen molar-refractivity contribution in [3.63, 3.8) is 0 Å². The minimum atomic E-state index is -0.453. The normalized spacial score (nSPS) is 10.8. The number of thioether (sulfide) groups is 1. The molecule has 9 heteroatoms. The van der Waals surface area contributed by atoms with Gasteiger partial charge in [0.05, 0.1) is 11.4 Å². The van der Waals surface area contributed by atoms with Gasteiger partial charge in [0.15, 0.2) is 10.9 Å². The summed E-state index contributed by atoms with van der Waals surface area (Å²) in [6.45, 7) is 7.40. The van der Waals surface area contributed by atoms with E-state index in [4.69, 9.17) is 0 Å². The van der Waals surface area contributed by atoms with Crippen LogP contribution in [0, 0.1) is 6.92 Å². The van der Waals surface area contributed by atoms with Crippen LogP contribution in [-0.2, 0) is 9.59 Å². The zero-order valence-corrected chi connectivity index (χ0v) is 19.2. The molecule has 0 unspecified atom stereocenters. The first kappa shape index (κ1) is 23.2. The van der Waals surface area contributed by atoms with Crippen LogP contribution in [0.15, 0.2) is 52.4 Å². The predicted molar refractivity (Wildman–Crippen MR) is 127 cm³/mol. The molecular formula is C23H25N5O3S. The van der Waals surface area contributed by atoms with Crippen LogP contribution in [0.5, 0.6) is 0 Å². The average Bonchev–Trinajstić information content (AvgIpc) is 2.74. The van der Waals surface area contributed by atoms with E-state index in [1.165, 1.54) is 6.92 Å². The van der Waals surface area contributed by atoms with Crippen LogP contribution < -0.4 is 16.2 Å². The fraction of sp³-hybridized carbons (Fsp3) is 0.261. The van der Waals surface area contributed by atoms with E-state index in [0.717, 1.165) is 28.6 Å². The van der Waals surface area contributed by atoms with Crippen LogP contribution in [0.25, 0.3) is 11.3 Å². The van der Waals surface area contributed by atoms with E-state index >= 15 is 0 Å². The number of aromatic amines is 1. The van der Waals surface area contributed by atoms with E-state index in [9.17, 15) is 14.4 Å². The maximum atomic E-state index is 12.7. The zero-order valence-electron chi connectivity index (χ0n) is 18.4. The van der Waals surface area contributed by atoms with Gasteiger partial charge in [-0.15, -0.1) is 10.2 Å². The Morgan fingerprint density at radius 3 is 2.50 bits per heavy atom. The van der Waals surface area contributed by atoms with E-state index < -0.39 is 5.56 Å². The van der Waals surface area contributed by atoms with Crippen molar-refractivity contribution in [3.05, 3.63) is 63.9 Å². The molecule has 0 aliphatic rings. The van der Waals surface area contributed by atoms with Gasteiger partial charge in [-0.1, -0.05) is 55.4 Å². The summed E-state index contributed by atoms with van der Waals surface area (Å²) in [5.74, 6) is -0.117. The average molecular weight is 452 g/mol. The van der Waals surface area contributed by atoms with Crippen molar-refractivity contribution in [3.8, 4) is 11.3 Å². The predicted octanol–water partition coefficient (Wildman–Crippen LogP) is 3.95. The fourth-order valence-corrected chi connectivity index (χ4v) is 3.75. The van der Waals surface area contributed by atoms with E-state index in [1.807, 2.05) is 37.3 Å². The molecule has 8 nitrogen and oxygen atoms in total. The highest BCUT2D eigenvalue weighted by atomic mass is 32.2. The number of anilines is 2. The lowest BCUT2D eigenvalue weighted by Gasteiger charge is -2.13. The quantitative estimate of drug-likeness (QED) is 0.468. The number of hydrogen-bond donors (Lipinski definition) is 3. The molecule has 0 aliphatic carbocycles. The first-order valence-corrected chi connectivity index (χ1v) is 11.1. The van der Waals surface area contributed by atoms with Crippen molar-refractivity contribution in [1.29, 1.82) is 0 Å². The fourth-order valence-electron chi connectivity index (χ4n) is 3.15. The number of carbonyl (C=O) groups excluding carboxylic acids is 2. The van der Waals surface area contributed by atoms with Gasteiger partial charge in [0.25, 0.3) is 5.56 Å². The smallest absolute Gasteiger partial charge is 0.278 e. The summed E-state index contributed by atoms with van der Waals surface area (Å²) in [6, 6.07) is 13.0. The third-order valence-corrected chi connectivity index (χ3v) is 5.48. The highest BCUT2D eigenvalue weighted by molar-refractivity contribution is 7.99. The van der Waals surface area contributed by atoms with Gasteiger partial charge in [0.2, 0.25) is 11.8 Å². The molecule has 0 bridgehead atoms. The maximum absolute atomic E-state index is 12.7. The number of carbonyl (C=O) groups is 2. The molecule has 0 saturated heterocycles. The number of H-pyrrole nitrogens is 1. The van der Waals surface area contributed by atoms with Gasteiger partial charge in [-0.2, -0.15) is 0 Å². The van der Waals surface area contributed by atoms with Gasteiger partial charge >= 0.3 is 0 Å². The maximum Gasteiger partial charge on any atom is 0.278 e. The van der Waals surface area contributed by atoms with Crippen molar-refractivity contribution in [2.24, 2.45) is 0 Å². The minimum Gasteiger partial charge on any atom is -0.326 e. The van der Waals surface area contributed by atoms with Crippen molar-refractivity contribution >= 4 is 35.0 Å². The molecule has 3 N–H and O–H groups in total. The molecule has 0 radical (unpaired) electrons. The Balaban J connectivity index is 1.73. The monoisotopic (exact) mass is 451 g/mol. The van der Waals surface area contributed by atoms with Crippen LogP contribution in [0.4, 0.5) is 11.4 Å². The van der Waals surface area contributed by atoms with Gasteiger partial charge in [-0.3, -0.25) is 19.4 Å². The summed E-state index contributed by atoms with van der Waals surface area (Å²) in [7, 11) is 0. The molecular weight excluding hydrogens is 426 g/mol. The molecule has 166 valence electrons. The second kappa shape index (κ2) is 10.2. The summed E-state index contributed by atoms with van der Waals surface area (Å²) in [5.41, 5.74) is 3.33. The van der Waals surface area contributed by atoms with Crippen LogP contribution in [0.3, 0.4) is 0 Å². The second-order valence-corrected chi connectivity index (χ2v) is 8.58. The summed E-state index contributed by atoms with van der Waals surface area (Å²) in [4.78, 5) is 39.2. The molecule has 0 fully saturated rings. The Kier molecular flexibility index (Phi) is 7.42. The SMILES string of the molecule is CC(=O)Nc1ccc(C)cc1-c1nnc(SCC(=O)Nc2ccccc2C(C)C)[nH]c1=O. The van der Waals surface area contributed by atoms with Gasteiger partial charge in [0.1, 0.15) is 0 Å². The van der Waals surface area contributed by atoms with E-state index in [2.05, 4.69) is 39.7 Å². The molecule has 2 amide bonds. The first-order chi connectivity index (χ1) is 15.2. The largest absolute Gasteiger partial charge is 0.326 e. The number of benzene rings is 2. The summed E-state index contributed by atoms with van der Waals surface area (Å²) in [5, 5.41) is 14.0. The molecule has 0 atom stereocenters. The molecule has 0 saturated carbocycles. The molecule has 3 rings (SSSR count). The third-order valence-electron chi connectivity index (χ3n) is 4.61. The van der Waals surface area contributed by atoms with E-state index in [0.29, 0.717) is 11.3 Å². The van der Waals surface area contributed by atoms with Crippen LogP contribution in [0.1, 0.15) is 37.8 Å². The molecule has 0 aliphatic heterocycles. The van der Waals surface area contributed by atoms with E-state index in [1.54, 1.807) is 12.1 Å². The molecule has 3 aromatic rings. The molecule has 1 aromatic heterocycles. The Morgan fingerprint density at radius 2 is 1.81 bits per heavy atom. The van der Waals surface area contributed by atoms with E-state index in [-0.39, 0.29) is 34.3 Å². The number of amides is 2. The highest BCUT2D eigenvalue weighted by Gasteiger charge is 2.15. The lowest BCUT2D eigenvalue weighted by atomic mass is 10.0. The number of nitrogens with one attached hydrogen (secondary N) is 3. The molecule has 0 spiro atoms. The number of hydrogen-bond acceptors (Lipinski definition) is 6. The van der Waals surface area contributed by atoms with Crippen LogP contribution in [-0.4, -0.2) is 32.7 Å². The van der Waals surface area contributed by atoms with Crippen LogP contribution >= 0.6 is 11.8 Å². The number of para-hydroxylation sites is 1.